The number of ether oxygens (including phenoxy) is 1. The van der Waals surface area contributed by atoms with Gasteiger partial charge >= 0.3 is 11.8 Å². The molecule has 1 aliphatic heterocycles. The van der Waals surface area contributed by atoms with Crippen LogP contribution in [0.15, 0.2) is 53.4 Å². The van der Waals surface area contributed by atoms with Crippen LogP contribution in [-0.4, -0.2) is 50.8 Å². The van der Waals surface area contributed by atoms with Gasteiger partial charge in [-0.3, -0.25) is 9.59 Å². The summed E-state index contributed by atoms with van der Waals surface area (Å²) in [6.45, 7) is 0.602. The fourth-order valence-corrected chi connectivity index (χ4v) is 5.19. The van der Waals surface area contributed by atoms with Gasteiger partial charge in [0.1, 0.15) is 5.75 Å². The van der Waals surface area contributed by atoms with Crippen LogP contribution in [0.2, 0.25) is 5.02 Å². The van der Waals surface area contributed by atoms with E-state index in [0.29, 0.717) is 30.2 Å². The van der Waals surface area contributed by atoms with Crippen molar-refractivity contribution < 1.29 is 22.7 Å². The van der Waals surface area contributed by atoms with Crippen molar-refractivity contribution in [2.24, 2.45) is 0 Å². The van der Waals surface area contributed by atoms with Gasteiger partial charge in [-0.1, -0.05) is 23.7 Å². The van der Waals surface area contributed by atoms with Crippen LogP contribution in [0.4, 0.5) is 0 Å². The molecule has 1 saturated heterocycles. The summed E-state index contributed by atoms with van der Waals surface area (Å²) in [4.78, 5) is 24.4. The zero-order valence-corrected chi connectivity index (χ0v) is 18.6. The van der Waals surface area contributed by atoms with Gasteiger partial charge in [0.15, 0.2) is 0 Å². The average molecular weight is 466 g/mol. The molecule has 1 heterocycles. The van der Waals surface area contributed by atoms with Crippen molar-refractivity contribution in [3.63, 3.8) is 0 Å². The van der Waals surface area contributed by atoms with E-state index in [4.69, 9.17) is 16.3 Å². The van der Waals surface area contributed by atoms with Gasteiger partial charge in [0.2, 0.25) is 10.0 Å². The topological polar surface area (TPSA) is 105 Å². The molecule has 2 aromatic carbocycles. The Morgan fingerprint density at radius 3 is 2.35 bits per heavy atom. The van der Waals surface area contributed by atoms with Crippen LogP contribution in [0.1, 0.15) is 18.4 Å². The van der Waals surface area contributed by atoms with Crippen LogP contribution in [-0.2, 0) is 26.2 Å². The summed E-state index contributed by atoms with van der Waals surface area (Å²) in [5.41, 5.74) is 0.804. The Kier molecular flexibility index (Phi) is 7.53. The van der Waals surface area contributed by atoms with Crippen molar-refractivity contribution >= 4 is 33.4 Å². The molecule has 2 aromatic rings. The molecule has 31 heavy (non-hydrogen) atoms. The van der Waals surface area contributed by atoms with Crippen molar-refractivity contribution in [2.45, 2.75) is 30.3 Å². The molecule has 0 aliphatic carbocycles. The Balaban J connectivity index is 1.55. The summed E-state index contributed by atoms with van der Waals surface area (Å²) in [5, 5.41) is 5.66. The molecule has 2 N–H and O–H groups in total. The van der Waals surface area contributed by atoms with Crippen molar-refractivity contribution in [1.82, 2.24) is 14.9 Å². The summed E-state index contributed by atoms with van der Waals surface area (Å²) < 4.78 is 32.4. The number of carbonyl (C=O) groups is 2. The fraction of sp³-hybridized carbons (Fsp3) is 0.333. The summed E-state index contributed by atoms with van der Waals surface area (Å²) in [7, 11) is -2.21. The number of amides is 2. The number of nitrogens with zero attached hydrogens (tertiary/aromatic N) is 1. The number of methoxy groups -OCH3 is 1. The first-order valence-electron chi connectivity index (χ1n) is 9.77. The number of hydrogen-bond acceptors (Lipinski definition) is 5. The van der Waals surface area contributed by atoms with Gasteiger partial charge in [-0.15, -0.1) is 0 Å². The Bertz CT molecular complexity index is 1030. The molecule has 2 amide bonds. The normalized spacial score (nSPS) is 16.6. The lowest BCUT2D eigenvalue weighted by molar-refractivity contribution is -0.139. The maximum absolute atomic E-state index is 13.0. The van der Waals surface area contributed by atoms with E-state index in [1.54, 1.807) is 36.4 Å². The van der Waals surface area contributed by atoms with E-state index in [2.05, 4.69) is 10.6 Å². The molecule has 0 saturated carbocycles. The smallest absolute Gasteiger partial charge is 0.309 e. The number of benzene rings is 2. The minimum atomic E-state index is -3.72. The second-order valence-electron chi connectivity index (χ2n) is 7.11. The molecule has 1 fully saturated rings. The van der Waals surface area contributed by atoms with Crippen molar-refractivity contribution in [3.8, 4) is 5.75 Å². The third-order valence-corrected chi connectivity index (χ3v) is 7.28. The van der Waals surface area contributed by atoms with Crippen LogP contribution in [0.25, 0.3) is 0 Å². The highest BCUT2D eigenvalue weighted by Gasteiger charge is 2.35. The van der Waals surface area contributed by atoms with E-state index in [1.165, 1.54) is 23.5 Å². The van der Waals surface area contributed by atoms with E-state index < -0.39 is 27.9 Å². The molecule has 8 nitrogen and oxygen atoms in total. The summed E-state index contributed by atoms with van der Waals surface area (Å²) >= 11 is 5.82. The maximum atomic E-state index is 13.0. The molecule has 0 radical (unpaired) electrons. The third kappa shape index (κ3) is 5.75. The number of carbonyl (C=O) groups excluding carboxylic acids is 2. The maximum Gasteiger partial charge on any atom is 0.309 e. The van der Waals surface area contributed by atoms with Gasteiger partial charge in [-0.2, -0.15) is 4.31 Å². The molecular weight excluding hydrogens is 442 g/mol. The molecule has 0 unspecified atom stereocenters. The van der Waals surface area contributed by atoms with Gasteiger partial charge < -0.3 is 15.4 Å². The molecule has 0 bridgehead atoms. The van der Waals surface area contributed by atoms with Crippen molar-refractivity contribution in [1.29, 1.82) is 0 Å². The molecular formula is C21H24ClN3O5S. The Labute approximate surface area is 186 Å². The molecule has 1 aliphatic rings. The first-order valence-corrected chi connectivity index (χ1v) is 11.6. The van der Waals surface area contributed by atoms with Gasteiger partial charge in [0.25, 0.3) is 0 Å². The lowest BCUT2D eigenvalue weighted by Crippen LogP contribution is -2.46. The van der Waals surface area contributed by atoms with E-state index in [1.807, 2.05) is 0 Å². The van der Waals surface area contributed by atoms with Crippen LogP contribution < -0.4 is 15.4 Å². The Morgan fingerprint density at radius 2 is 1.71 bits per heavy atom. The monoisotopic (exact) mass is 465 g/mol. The number of nitrogens with one attached hydrogen (secondary N) is 2. The predicted molar refractivity (Wildman–Crippen MR) is 116 cm³/mol. The quantitative estimate of drug-likeness (QED) is 0.608. The predicted octanol–water partition coefficient (Wildman–Crippen LogP) is 1.93. The number of halogens is 1. The summed E-state index contributed by atoms with van der Waals surface area (Å²) in [6.07, 6.45) is 1.28. The van der Waals surface area contributed by atoms with E-state index in [-0.39, 0.29) is 18.0 Å². The number of hydrogen-bond donors (Lipinski definition) is 2. The van der Waals surface area contributed by atoms with Gasteiger partial charge in [0.05, 0.1) is 12.0 Å². The highest BCUT2D eigenvalue weighted by Crippen LogP contribution is 2.26. The second kappa shape index (κ2) is 10.1. The fourth-order valence-electron chi connectivity index (χ4n) is 3.37. The SMILES string of the molecule is COc1ccc(S(=O)(=O)N2CCC[C@@H]2CNC(=O)C(=O)NCc2ccc(Cl)cc2)cc1. The van der Waals surface area contributed by atoms with Crippen molar-refractivity contribution in [3.05, 3.63) is 59.1 Å². The molecule has 1 atom stereocenters. The van der Waals surface area contributed by atoms with Crippen LogP contribution in [0.5, 0.6) is 5.75 Å². The standard InChI is InChI=1S/C21H24ClN3O5S/c1-30-18-8-10-19(11-9-18)31(28,29)25-12-2-3-17(25)14-24-21(27)20(26)23-13-15-4-6-16(22)7-5-15/h4-11,17H,2-3,12-14H2,1H3,(H,23,26)(H,24,27)/t17-/m1/s1. The van der Waals surface area contributed by atoms with E-state index in [9.17, 15) is 18.0 Å². The summed E-state index contributed by atoms with van der Waals surface area (Å²) in [6, 6.07) is 12.6. The molecule has 3 rings (SSSR count). The molecule has 166 valence electrons. The molecule has 0 spiro atoms. The van der Waals surface area contributed by atoms with E-state index >= 15 is 0 Å². The van der Waals surface area contributed by atoms with Crippen LogP contribution >= 0.6 is 11.6 Å². The lowest BCUT2D eigenvalue weighted by Gasteiger charge is -2.24. The van der Waals surface area contributed by atoms with E-state index in [0.717, 1.165) is 5.56 Å². The first kappa shape index (κ1) is 23.1. The third-order valence-electron chi connectivity index (χ3n) is 5.06. The molecule has 10 heteroatoms. The van der Waals surface area contributed by atoms with Crippen LogP contribution in [0, 0.1) is 0 Å². The zero-order chi connectivity index (χ0) is 22.4. The highest BCUT2D eigenvalue weighted by molar-refractivity contribution is 7.89. The van der Waals surface area contributed by atoms with Gasteiger partial charge in [0, 0.05) is 30.7 Å². The average Bonchev–Trinajstić information content (AvgIpc) is 3.26. The summed E-state index contributed by atoms with van der Waals surface area (Å²) in [5.74, 6) is -1.02. The zero-order valence-electron chi connectivity index (χ0n) is 17.0. The number of rotatable bonds is 7. The molecule has 0 aromatic heterocycles. The largest absolute Gasteiger partial charge is 0.497 e. The lowest BCUT2D eigenvalue weighted by atomic mass is 10.2. The second-order valence-corrected chi connectivity index (χ2v) is 9.43. The van der Waals surface area contributed by atoms with Gasteiger partial charge in [-0.25, -0.2) is 8.42 Å². The Hall–Kier alpha value is -2.62. The minimum Gasteiger partial charge on any atom is -0.497 e. The Morgan fingerprint density at radius 1 is 1.06 bits per heavy atom. The van der Waals surface area contributed by atoms with Crippen molar-refractivity contribution in [2.75, 3.05) is 20.2 Å². The first-order chi connectivity index (χ1) is 14.8. The minimum absolute atomic E-state index is 0.0581. The highest BCUT2D eigenvalue weighted by atomic mass is 35.5. The number of sulfonamides is 1. The van der Waals surface area contributed by atoms with Crippen LogP contribution in [0.3, 0.4) is 0 Å². The van der Waals surface area contributed by atoms with Gasteiger partial charge in [-0.05, 0) is 54.8 Å².